The normalized spacial score (nSPS) is 28.9. The Kier molecular flexibility index (Phi) is 2.90. The second-order valence-electron chi connectivity index (χ2n) is 6.02. The topological polar surface area (TPSA) is 43.2 Å². The first-order valence-electron chi connectivity index (χ1n) is 7.37. The number of hydrogen-bond acceptors (Lipinski definition) is 3. The summed E-state index contributed by atoms with van der Waals surface area (Å²) < 4.78 is 2.35. The summed E-state index contributed by atoms with van der Waals surface area (Å²) in [6.45, 7) is 3.27. The third kappa shape index (κ3) is 1.75. The maximum Gasteiger partial charge on any atom is 0.0909 e. The second kappa shape index (κ2) is 4.64. The minimum Gasteiger partial charge on any atom is -0.369 e. The van der Waals surface area contributed by atoms with Crippen molar-refractivity contribution >= 4 is 20.3 Å². The third-order valence-electron chi connectivity index (χ3n) is 5.00. The van der Waals surface area contributed by atoms with Gasteiger partial charge in [0.1, 0.15) is 0 Å². The van der Waals surface area contributed by atoms with Gasteiger partial charge in [-0.2, -0.15) is 0 Å². The molecule has 20 heavy (non-hydrogen) atoms. The standard InChI is InChI=1S/C15H19N4P/c16-20-19-9-2-6-15(19)7-10-18(11-15)14-5-8-17-13-4-1-3-12(13)14/h1,3,5,8,16H,2,4,6-7,9-11H2. The molecule has 1 N–H and O–H groups in total. The fraction of sp³-hybridized carbons (Fsp3) is 0.533. The molecule has 1 atom stereocenters. The molecule has 2 saturated heterocycles. The summed E-state index contributed by atoms with van der Waals surface area (Å²) in [5.74, 6) is 0. The monoisotopic (exact) mass is 286 g/mol. The van der Waals surface area contributed by atoms with Crippen LogP contribution in [0.3, 0.4) is 0 Å². The van der Waals surface area contributed by atoms with E-state index >= 15 is 0 Å². The zero-order valence-corrected chi connectivity index (χ0v) is 12.4. The molecule has 2 aliphatic heterocycles. The molecule has 1 spiro atoms. The Morgan fingerprint density at radius 2 is 2.25 bits per heavy atom. The summed E-state index contributed by atoms with van der Waals surface area (Å²) >= 11 is 0. The predicted octanol–water partition coefficient (Wildman–Crippen LogP) is 3.32. The Balaban J connectivity index is 1.65. The lowest BCUT2D eigenvalue weighted by molar-refractivity contribution is 0.287. The fourth-order valence-corrected chi connectivity index (χ4v) is 4.69. The van der Waals surface area contributed by atoms with Crippen molar-refractivity contribution in [2.24, 2.45) is 0 Å². The summed E-state index contributed by atoms with van der Waals surface area (Å²) in [6.07, 6.45) is 11.0. The van der Waals surface area contributed by atoms with Crippen LogP contribution in [0.25, 0.3) is 6.08 Å². The van der Waals surface area contributed by atoms with Gasteiger partial charge in [0, 0.05) is 49.0 Å². The molecule has 1 aliphatic carbocycles. The van der Waals surface area contributed by atoms with E-state index in [1.807, 2.05) is 6.20 Å². The maximum atomic E-state index is 7.74. The van der Waals surface area contributed by atoms with Crippen molar-refractivity contribution in [2.45, 2.75) is 31.2 Å². The largest absolute Gasteiger partial charge is 0.369 e. The van der Waals surface area contributed by atoms with Crippen LogP contribution < -0.4 is 4.90 Å². The second-order valence-corrected chi connectivity index (χ2v) is 6.70. The summed E-state index contributed by atoms with van der Waals surface area (Å²) in [7, 11) is 0.692. The van der Waals surface area contributed by atoms with E-state index in [0.29, 0.717) is 8.52 Å². The molecule has 1 aromatic heterocycles. The lowest BCUT2D eigenvalue weighted by Gasteiger charge is -2.31. The molecule has 104 valence electrons. The molecule has 3 heterocycles. The Bertz CT molecular complexity index is 585. The summed E-state index contributed by atoms with van der Waals surface area (Å²) in [6, 6.07) is 2.16. The molecule has 0 aromatic carbocycles. The van der Waals surface area contributed by atoms with Crippen molar-refractivity contribution in [3.8, 4) is 0 Å². The lowest BCUT2D eigenvalue weighted by Crippen LogP contribution is -2.41. The van der Waals surface area contributed by atoms with Gasteiger partial charge in [0.25, 0.3) is 0 Å². The van der Waals surface area contributed by atoms with E-state index in [1.165, 1.54) is 36.2 Å². The average Bonchev–Trinajstić information content (AvgIpc) is 3.19. The number of allylic oxidation sites excluding steroid dienone is 1. The zero-order valence-electron chi connectivity index (χ0n) is 11.5. The molecule has 1 aromatic rings. The highest BCUT2D eigenvalue weighted by atomic mass is 31.1. The number of anilines is 1. The van der Waals surface area contributed by atoms with Crippen LogP contribution in [0.4, 0.5) is 5.69 Å². The molecule has 5 heteroatoms. The molecule has 2 fully saturated rings. The van der Waals surface area contributed by atoms with Crippen LogP contribution in [-0.4, -0.2) is 34.8 Å². The molecular weight excluding hydrogens is 267 g/mol. The minimum absolute atomic E-state index is 0.252. The number of rotatable bonds is 2. The van der Waals surface area contributed by atoms with Gasteiger partial charge < -0.3 is 4.90 Å². The van der Waals surface area contributed by atoms with E-state index in [9.17, 15) is 0 Å². The highest BCUT2D eigenvalue weighted by Crippen LogP contribution is 2.43. The van der Waals surface area contributed by atoms with Crippen LogP contribution >= 0.6 is 8.52 Å². The van der Waals surface area contributed by atoms with Crippen molar-refractivity contribution in [3.05, 3.63) is 29.6 Å². The van der Waals surface area contributed by atoms with E-state index in [1.54, 1.807) is 0 Å². The van der Waals surface area contributed by atoms with E-state index in [2.05, 4.69) is 32.8 Å². The van der Waals surface area contributed by atoms with E-state index < -0.39 is 0 Å². The van der Waals surface area contributed by atoms with Gasteiger partial charge >= 0.3 is 0 Å². The van der Waals surface area contributed by atoms with Crippen LogP contribution in [-0.2, 0) is 6.42 Å². The molecule has 0 saturated carbocycles. The van der Waals surface area contributed by atoms with E-state index in [-0.39, 0.29) is 5.54 Å². The fourth-order valence-electron chi connectivity index (χ4n) is 3.97. The van der Waals surface area contributed by atoms with Gasteiger partial charge in [-0.25, -0.2) is 4.67 Å². The van der Waals surface area contributed by atoms with Crippen LogP contribution in [0.15, 0.2) is 18.3 Å². The van der Waals surface area contributed by atoms with Crippen molar-refractivity contribution in [1.29, 1.82) is 5.16 Å². The van der Waals surface area contributed by atoms with Crippen molar-refractivity contribution < 1.29 is 0 Å². The summed E-state index contributed by atoms with van der Waals surface area (Å²) in [4.78, 5) is 6.99. The van der Waals surface area contributed by atoms with E-state index in [0.717, 1.165) is 26.1 Å². The smallest absolute Gasteiger partial charge is 0.0909 e. The third-order valence-corrected chi connectivity index (χ3v) is 5.86. The quantitative estimate of drug-likeness (QED) is 0.848. The zero-order chi connectivity index (χ0) is 13.6. The van der Waals surface area contributed by atoms with Crippen LogP contribution in [0.1, 0.15) is 30.5 Å². The molecule has 4 nitrogen and oxygen atoms in total. The van der Waals surface area contributed by atoms with Crippen molar-refractivity contribution in [1.82, 2.24) is 9.65 Å². The van der Waals surface area contributed by atoms with Crippen LogP contribution in [0.2, 0.25) is 0 Å². The number of fused-ring (bicyclic) bond motifs is 1. The summed E-state index contributed by atoms with van der Waals surface area (Å²) in [5, 5.41) is 7.74. The number of pyridine rings is 1. The van der Waals surface area contributed by atoms with E-state index in [4.69, 9.17) is 5.16 Å². The van der Waals surface area contributed by atoms with Gasteiger partial charge in [-0.3, -0.25) is 10.1 Å². The minimum atomic E-state index is 0.252. The van der Waals surface area contributed by atoms with Gasteiger partial charge in [0.15, 0.2) is 0 Å². The Labute approximate surface area is 121 Å². The molecular formula is C15H19N4P. The number of aromatic nitrogens is 1. The number of hydrogen-bond donors (Lipinski definition) is 1. The van der Waals surface area contributed by atoms with Gasteiger partial charge in [0.05, 0.1) is 14.2 Å². The first-order valence-corrected chi connectivity index (χ1v) is 8.22. The Morgan fingerprint density at radius 3 is 3.15 bits per heavy atom. The van der Waals surface area contributed by atoms with Gasteiger partial charge in [-0.1, -0.05) is 12.2 Å². The van der Waals surface area contributed by atoms with Crippen LogP contribution in [0, 0.1) is 5.16 Å². The van der Waals surface area contributed by atoms with Crippen molar-refractivity contribution in [2.75, 3.05) is 24.5 Å². The number of nitrogens with one attached hydrogen (secondary N) is 1. The predicted molar refractivity (Wildman–Crippen MR) is 82.1 cm³/mol. The molecule has 0 amide bonds. The van der Waals surface area contributed by atoms with Gasteiger partial charge in [-0.05, 0) is 25.3 Å². The Hall–Kier alpha value is -1.25. The number of nitrogens with zero attached hydrogens (tertiary/aromatic N) is 3. The lowest BCUT2D eigenvalue weighted by atomic mass is 9.97. The molecule has 3 aliphatic rings. The molecule has 1 unspecified atom stereocenters. The SMILES string of the molecule is N=PN1CCCC12CCN(c1ccnc3c1C=CC3)C2. The first kappa shape index (κ1) is 12.5. The molecule has 0 bridgehead atoms. The Morgan fingerprint density at radius 1 is 1.30 bits per heavy atom. The van der Waals surface area contributed by atoms with Gasteiger partial charge in [-0.15, -0.1) is 0 Å². The van der Waals surface area contributed by atoms with Crippen molar-refractivity contribution in [3.63, 3.8) is 0 Å². The average molecular weight is 286 g/mol. The highest BCUT2D eigenvalue weighted by Gasteiger charge is 2.46. The van der Waals surface area contributed by atoms with Crippen LogP contribution in [0.5, 0.6) is 0 Å². The molecule has 0 radical (unpaired) electrons. The molecule has 4 rings (SSSR count). The highest BCUT2D eigenvalue weighted by molar-refractivity contribution is 7.22. The summed E-state index contributed by atoms with van der Waals surface area (Å²) in [5.41, 5.74) is 4.12. The maximum absolute atomic E-state index is 7.74. The van der Waals surface area contributed by atoms with Gasteiger partial charge in [0.2, 0.25) is 0 Å². The first-order chi connectivity index (χ1) is 9.82.